The Bertz CT molecular complexity index is 979. The second-order valence-electron chi connectivity index (χ2n) is 6.42. The number of hydrogen-bond acceptors (Lipinski definition) is 4. The summed E-state index contributed by atoms with van der Waals surface area (Å²) >= 11 is 1.41. The molecule has 0 radical (unpaired) electrons. The maximum atomic E-state index is 12.8. The minimum absolute atomic E-state index is 0.133. The van der Waals surface area contributed by atoms with Gasteiger partial charge in [-0.25, -0.2) is 9.66 Å². The van der Waals surface area contributed by atoms with Crippen LogP contribution in [0.2, 0.25) is 0 Å². The number of thioether (sulfide) groups is 1. The third kappa shape index (κ3) is 3.83. The van der Waals surface area contributed by atoms with E-state index in [1.54, 1.807) is 17.1 Å². The molecule has 2 aromatic carbocycles. The molecule has 1 fully saturated rings. The van der Waals surface area contributed by atoms with Crippen molar-refractivity contribution in [2.45, 2.75) is 17.7 Å². The van der Waals surface area contributed by atoms with Crippen molar-refractivity contribution < 1.29 is 9.59 Å². The van der Waals surface area contributed by atoms with E-state index in [4.69, 9.17) is 0 Å². The molecule has 27 heavy (non-hydrogen) atoms. The summed E-state index contributed by atoms with van der Waals surface area (Å²) in [6.07, 6.45) is 3.75. The molecular weight excluding hydrogens is 360 g/mol. The maximum absolute atomic E-state index is 12.8. The van der Waals surface area contributed by atoms with Gasteiger partial charge in [-0.05, 0) is 37.1 Å². The Labute approximate surface area is 161 Å². The van der Waals surface area contributed by atoms with Crippen LogP contribution in [0.15, 0.2) is 59.8 Å². The quantitative estimate of drug-likeness (QED) is 0.691. The lowest BCUT2D eigenvalue weighted by Gasteiger charge is -2.15. The second kappa shape index (κ2) is 7.84. The van der Waals surface area contributed by atoms with Crippen molar-refractivity contribution in [3.63, 3.8) is 0 Å². The maximum Gasteiger partial charge on any atom is 0.271 e. The van der Waals surface area contributed by atoms with Crippen LogP contribution < -0.4 is 5.43 Å². The largest absolute Gasteiger partial charge is 0.342 e. The Hall–Kier alpha value is -2.80. The summed E-state index contributed by atoms with van der Waals surface area (Å²) in [6.45, 7) is 1.68. The summed E-state index contributed by atoms with van der Waals surface area (Å²) in [6, 6.07) is 15.0. The first kappa shape index (κ1) is 17.6. The number of fused-ring (bicyclic) bond motifs is 1. The van der Waals surface area contributed by atoms with Crippen molar-refractivity contribution >= 4 is 34.6 Å². The van der Waals surface area contributed by atoms with Crippen molar-refractivity contribution in [3.8, 4) is 0 Å². The van der Waals surface area contributed by atoms with E-state index in [0.717, 1.165) is 41.9 Å². The lowest BCUT2D eigenvalue weighted by Crippen LogP contribution is -2.29. The SMILES string of the molecule is O=C(Nn1cnc2ccccc21)c1ccccc1SCC(=O)N1CCCC1. The minimum atomic E-state index is -0.227. The predicted octanol–water partition coefficient (Wildman–Crippen LogP) is 3.13. The number of imidazole rings is 1. The molecule has 1 aliphatic heterocycles. The number of rotatable bonds is 5. The number of nitrogens with one attached hydrogen (secondary N) is 1. The molecule has 1 saturated heterocycles. The first-order valence-electron chi connectivity index (χ1n) is 8.95. The Morgan fingerprint density at radius 2 is 1.78 bits per heavy atom. The molecule has 4 rings (SSSR count). The van der Waals surface area contributed by atoms with Gasteiger partial charge >= 0.3 is 0 Å². The van der Waals surface area contributed by atoms with E-state index in [-0.39, 0.29) is 11.8 Å². The van der Waals surface area contributed by atoms with Crippen molar-refractivity contribution in [1.82, 2.24) is 14.6 Å². The lowest BCUT2D eigenvalue weighted by molar-refractivity contribution is -0.127. The van der Waals surface area contributed by atoms with Crippen LogP contribution in [0, 0.1) is 0 Å². The van der Waals surface area contributed by atoms with Crippen LogP contribution in [-0.2, 0) is 4.79 Å². The lowest BCUT2D eigenvalue weighted by atomic mass is 10.2. The van der Waals surface area contributed by atoms with Gasteiger partial charge in [-0.15, -0.1) is 11.8 Å². The van der Waals surface area contributed by atoms with Crippen LogP contribution in [0.5, 0.6) is 0 Å². The zero-order chi connectivity index (χ0) is 18.6. The number of aromatic nitrogens is 2. The minimum Gasteiger partial charge on any atom is -0.342 e. The summed E-state index contributed by atoms with van der Waals surface area (Å²) in [4.78, 5) is 32.1. The number of carbonyl (C=O) groups is 2. The van der Waals surface area contributed by atoms with Crippen molar-refractivity contribution in [2.75, 3.05) is 24.3 Å². The number of hydrogen-bond donors (Lipinski definition) is 1. The first-order valence-corrected chi connectivity index (χ1v) is 9.94. The van der Waals surface area contributed by atoms with E-state index in [1.807, 2.05) is 47.4 Å². The van der Waals surface area contributed by atoms with Gasteiger partial charge in [0.05, 0.1) is 22.3 Å². The molecule has 0 spiro atoms. The average Bonchev–Trinajstić information content (AvgIpc) is 3.37. The van der Waals surface area contributed by atoms with Crippen LogP contribution in [0.3, 0.4) is 0 Å². The fraction of sp³-hybridized carbons (Fsp3) is 0.250. The van der Waals surface area contributed by atoms with Gasteiger partial charge in [0.1, 0.15) is 6.33 Å². The number of carbonyl (C=O) groups excluding carboxylic acids is 2. The zero-order valence-electron chi connectivity index (χ0n) is 14.8. The first-order chi connectivity index (χ1) is 13.2. The molecule has 7 heteroatoms. The molecule has 1 N–H and O–H groups in total. The van der Waals surface area contributed by atoms with Crippen molar-refractivity contribution in [2.24, 2.45) is 0 Å². The van der Waals surface area contributed by atoms with Gasteiger partial charge in [0.15, 0.2) is 0 Å². The Balaban J connectivity index is 1.48. The normalized spacial score (nSPS) is 13.9. The molecule has 2 amide bonds. The topological polar surface area (TPSA) is 67.2 Å². The zero-order valence-corrected chi connectivity index (χ0v) is 15.6. The van der Waals surface area contributed by atoms with Crippen LogP contribution >= 0.6 is 11.8 Å². The summed E-state index contributed by atoms with van der Waals surface area (Å²) in [5, 5.41) is 0. The van der Waals surface area contributed by atoms with E-state index in [1.165, 1.54) is 11.8 Å². The molecule has 0 atom stereocenters. The summed E-state index contributed by atoms with van der Waals surface area (Å²) in [7, 11) is 0. The number of likely N-dealkylation sites (tertiary alicyclic amines) is 1. The third-order valence-corrected chi connectivity index (χ3v) is 5.68. The summed E-state index contributed by atoms with van der Waals surface area (Å²) in [5.74, 6) is 0.251. The van der Waals surface area contributed by atoms with Gasteiger partial charge in [-0.3, -0.25) is 15.0 Å². The Kier molecular flexibility index (Phi) is 5.11. The highest BCUT2D eigenvalue weighted by atomic mass is 32.2. The molecule has 2 heterocycles. The molecule has 0 bridgehead atoms. The van der Waals surface area contributed by atoms with Crippen LogP contribution in [-0.4, -0.2) is 45.2 Å². The number of nitrogens with zero attached hydrogens (tertiary/aromatic N) is 3. The van der Waals surface area contributed by atoms with Crippen LogP contribution in [0.25, 0.3) is 11.0 Å². The fourth-order valence-corrected chi connectivity index (χ4v) is 4.15. The van der Waals surface area contributed by atoms with E-state index in [2.05, 4.69) is 10.4 Å². The third-order valence-electron chi connectivity index (χ3n) is 4.62. The fourth-order valence-electron chi connectivity index (χ4n) is 3.20. The molecule has 0 unspecified atom stereocenters. The highest BCUT2D eigenvalue weighted by molar-refractivity contribution is 8.00. The van der Waals surface area contributed by atoms with Crippen molar-refractivity contribution in [3.05, 3.63) is 60.4 Å². The average molecular weight is 380 g/mol. The molecule has 1 aliphatic rings. The molecule has 0 aliphatic carbocycles. The number of benzene rings is 2. The highest BCUT2D eigenvalue weighted by Gasteiger charge is 2.19. The van der Waals surface area contributed by atoms with Crippen LogP contribution in [0.1, 0.15) is 23.2 Å². The molecule has 3 aromatic rings. The Morgan fingerprint density at radius 1 is 1.04 bits per heavy atom. The molecule has 1 aromatic heterocycles. The van der Waals surface area contributed by atoms with Gasteiger partial charge in [0, 0.05) is 18.0 Å². The second-order valence-corrected chi connectivity index (χ2v) is 7.43. The number of amides is 2. The van der Waals surface area contributed by atoms with Gasteiger partial charge in [0.25, 0.3) is 5.91 Å². The van der Waals surface area contributed by atoms with Gasteiger partial charge in [-0.1, -0.05) is 24.3 Å². The number of para-hydroxylation sites is 2. The standard InChI is InChI=1S/C20H20N4O2S/c25-19(23-11-5-6-12-23)13-27-18-10-4-1-7-15(18)20(26)22-24-14-21-16-8-2-3-9-17(16)24/h1-4,7-10,14H,5-6,11-13H2,(H,22,26). The molecule has 0 saturated carbocycles. The molecule has 6 nitrogen and oxygen atoms in total. The van der Waals surface area contributed by atoms with Crippen LogP contribution in [0.4, 0.5) is 0 Å². The van der Waals surface area contributed by atoms with E-state index in [9.17, 15) is 9.59 Å². The summed E-state index contributed by atoms with van der Waals surface area (Å²) in [5.41, 5.74) is 5.07. The smallest absolute Gasteiger partial charge is 0.271 e. The summed E-state index contributed by atoms with van der Waals surface area (Å²) < 4.78 is 1.62. The molecular formula is C20H20N4O2S. The Morgan fingerprint density at radius 3 is 2.63 bits per heavy atom. The van der Waals surface area contributed by atoms with E-state index >= 15 is 0 Å². The van der Waals surface area contributed by atoms with Crippen molar-refractivity contribution in [1.29, 1.82) is 0 Å². The molecule has 138 valence electrons. The highest BCUT2D eigenvalue weighted by Crippen LogP contribution is 2.24. The van der Waals surface area contributed by atoms with E-state index in [0.29, 0.717) is 11.3 Å². The monoisotopic (exact) mass is 380 g/mol. The van der Waals surface area contributed by atoms with E-state index < -0.39 is 0 Å². The van der Waals surface area contributed by atoms with Gasteiger partial charge in [-0.2, -0.15) is 0 Å². The van der Waals surface area contributed by atoms with Gasteiger partial charge in [0.2, 0.25) is 5.91 Å². The predicted molar refractivity (Wildman–Crippen MR) is 106 cm³/mol. The van der Waals surface area contributed by atoms with Gasteiger partial charge < -0.3 is 4.90 Å².